The largest absolute Gasteiger partial charge is 0.508 e. The second-order valence-electron chi connectivity index (χ2n) is 4.40. The van der Waals surface area contributed by atoms with E-state index in [0.717, 1.165) is 34.1 Å². The van der Waals surface area contributed by atoms with Crippen LogP contribution in [0.3, 0.4) is 0 Å². The number of aromatic hydroxyl groups is 1. The third kappa shape index (κ3) is 2.00. The van der Waals surface area contributed by atoms with Gasteiger partial charge in [0.15, 0.2) is 0 Å². The first-order valence-electron chi connectivity index (χ1n) is 5.94. The third-order valence-corrected chi connectivity index (χ3v) is 3.02. The molecule has 0 bridgehead atoms. The fraction of sp³-hybridized carbons (Fsp3) is 0. The first-order valence-corrected chi connectivity index (χ1v) is 5.94. The normalized spacial score (nSPS) is 17.5. The van der Waals surface area contributed by atoms with Crippen molar-refractivity contribution in [1.82, 2.24) is 0 Å². The molecule has 1 N–H and O–H groups in total. The maximum absolute atomic E-state index is 11.6. The molecule has 0 spiro atoms. The third-order valence-electron chi connectivity index (χ3n) is 3.02. The molecule has 0 aromatic heterocycles. The number of phenols is 1. The average molecular weight is 284 g/mol. The van der Waals surface area contributed by atoms with E-state index < -0.39 is 23.6 Å². The molecule has 104 valence electrons. The van der Waals surface area contributed by atoms with Crippen LogP contribution in [-0.4, -0.2) is 28.7 Å². The van der Waals surface area contributed by atoms with E-state index in [9.17, 15) is 24.3 Å². The molecule has 0 saturated carbocycles. The van der Waals surface area contributed by atoms with Crippen molar-refractivity contribution >= 4 is 35.0 Å². The number of carbonyl (C=O) groups excluding carboxylic acids is 4. The number of phenolic OH excluding ortho intramolecular Hbond substituents is 1. The number of hydrogen-bond donors (Lipinski definition) is 1. The number of benzene rings is 1. The molecular formula is C14H8N2O5. The van der Waals surface area contributed by atoms with Crippen LogP contribution in [0.1, 0.15) is 0 Å². The highest BCUT2D eigenvalue weighted by molar-refractivity contribution is 6.30. The van der Waals surface area contributed by atoms with Gasteiger partial charge in [-0.3, -0.25) is 19.2 Å². The van der Waals surface area contributed by atoms with E-state index in [1.54, 1.807) is 0 Å². The Morgan fingerprint density at radius 3 is 1.29 bits per heavy atom. The molecule has 1 aromatic rings. The summed E-state index contributed by atoms with van der Waals surface area (Å²) >= 11 is 0. The number of carbonyl (C=O) groups is 4. The molecule has 2 aliphatic heterocycles. The van der Waals surface area contributed by atoms with E-state index >= 15 is 0 Å². The zero-order valence-corrected chi connectivity index (χ0v) is 10.5. The molecule has 2 aliphatic rings. The second kappa shape index (κ2) is 4.41. The van der Waals surface area contributed by atoms with E-state index in [1.165, 1.54) is 18.2 Å². The maximum Gasteiger partial charge on any atom is 0.258 e. The molecule has 1 aromatic carbocycles. The fourth-order valence-electron chi connectivity index (χ4n) is 2.15. The predicted molar refractivity (Wildman–Crippen MR) is 71.4 cm³/mol. The van der Waals surface area contributed by atoms with Gasteiger partial charge in [-0.1, -0.05) is 0 Å². The Bertz CT molecular complexity index is 666. The van der Waals surface area contributed by atoms with Gasteiger partial charge in [-0.05, 0) is 6.07 Å². The summed E-state index contributed by atoms with van der Waals surface area (Å²) in [6.45, 7) is 0. The maximum atomic E-state index is 11.6. The highest BCUT2D eigenvalue weighted by Crippen LogP contribution is 2.31. The molecule has 7 heteroatoms. The Morgan fingerprint density at radius 1 is 0.619 bits per heavy atom. The lowest BCUT2D eigenvalue weighted by atomic mass is 10.2. The SMILES string of the molecule is O=C1C=CC(=O)N1c1cc(O)cc(N2C(=O)C=CC2=O)c1. The van der Waals surface area contributed by atoms with Crippen LogP contribution in [0.25, 0.3) is 0 Å². The quantitative estimate of drug-likeness (QED) is 0.785. The molecule has 0 radical (unpaired) electrons. The van der Waals surface area contributed by atoms with E-state index in [0.29, 0.717) is 0 Å². The number of amides is 4. The summed E-state index contributed by atoms with van der Waals surface area (Å²) in [6.07, 6.45) is 4.39. The highest BCUT2D eigenvalue weighted by Gasteiger charge is 2.29. The Labute approximate surface area is 118 Å². The molecule has 21 heavy (non-hydrogen) atoms. The van der Waals surface area contributed by atoms with E-state index in [2.05, 4.69) is 0 Å². The molecular weight excluding hydrogens is 276 g/mol. The molecule has 0 fully saturated rings. The van der Waals surface area contributed by atoms with Crippen LogP contribution in [0.15, 0.2) is 42.5 Å². The van der Waals surface area contributed by atoms with Crippen molar-refractivity contribution in [2.24, 2.45) is 0 Å². The van der Waals surface area contributed by atoms with Gasteiger partial charge in [0.2, 0.25) is 0 Å². The summed E-state index contributed by atoms with van der Waals surface area (Å²) in [4.78, 5) is 48.2. The lowest BCUT2D eigenvalue weighted by molar-refractivity contribution is -0.121. The smallest absolute Gasteiger partial charge is 0.258 e. The lowest BCUT2D eigenvalue weighted by Gasteiger charge is -2.19. The number of nitrogens with zero attached hydrogens (tertiary/aromatic N) is 2. The summed E-state index contributed by atoms with van der Waals surface area (Å²) in [6, 6.07) is 3.71. The number of anilines is 2. The van der Waals surface area contributed by atoms with Crippen molar-refractivity contribution in [2.75, 3.05) is 9.80 Å². The monoisotopic (exact) mass is 284 g/mol. The van der Waals surface area contributed by atoms with Crippen molar-refractivity contribution in [1.29, 1.82) is 0 Å². The molecule has 0 atom stereocenters. The Morgan fingerprint density at radius 2 is 0.952 bits per heavy atom. The Hall–Kier alpha value is -3.22. The Kier molecular flexibility index (Phi) is 2.69. The van der Waals surface area contributed by atoms with Crippen LogP contribution >= 0.6 is 0 Å². The van der Waals surface area contributed by atoms with Gasteiger partial charge < -0.3 is 5.11 Å². The summed E-state index contributed by atoms with van der Waals surface area (Å²) in [5.41, 5.74) is 0.162. The van der Waals surface area contributed by atoms with Crippen LogP contribution in [-0.2, 0) is 19.2 Å². The van der Waals surface area contributed by atoms with Crippen LogP contribution in [0.4, 0.5) is 11.4 Å². The van der Waals surface area contributed by atoms with Gasteiger partial charge in [0.25, 0.3) is 23.6 Å². The number of rotatable bonds is 2. The lowest BCUT2D eigenvalue weighted by Crippen LogP contribution is -2.31. The number of hydrogen-bond acceptors (Lipinski definition) is 5. The van der Waals surface area contributed by atoms with E-state index in [4.69, 9.17) is 0 Å². The minimum absolute atomic E-state index is 0.0810. The molecule has 0 aliphatic carbocycles. The molecule has 0 saturated heterocycles. The second-order valence-corrected chi connectivity index (χ2v) is 4.40. The van der Waals surface area contributed by atoms with Gasteiger partial charge in [-0.2, -0.15) is 0 Å². The van der Waals surface area contributed by atoms with Gasteiger partial charge in [0, 0.05) is 36.4 Å². The fourth-order valence-corrected chi connectivity index (χ4v) is 2.15. The Balaban J connectivity index is 2.05. The van der Waals surface area contributed by atoms with Crippen LogP contribution in [0, 0.1) is 0 Å². The highest BCUT2D eigenvalue weighted by atomic mass is 16.3. The minimum Gasteiger partial charge on any atom is -0.508 e. The predicted octanol–water partition coefficient (Wildman–Crippen LogP) is 0.251. The summed E-state index contributed by atoms with van der Waals surface area (Å²) in [5.74, 6) is -2.52. The topological polar surface area (TPSA) is 95.0 Å². The van der Waals surface area contributed by atoms with Crippen LogP contribution in [0.2, 0.25) is 0 Å². The summed E-state index contributed by atoms with van der Waals surface area (Å²) < 4.78 is 0. The molecule has 0 unspecified atom stereocenters. The first kappa shape index (κ1) is 12.8. The summed E-state index contributed by atoms with van der Waals surface area (Å²) in [5, 5.41) is 9.72. The molecule has 2 heterocycles. The van der Waals surface area contributed by atoms with Crippen molar-refractivity contribution in [2.45, 2.75) is 0 Å². The number of imide groups is 2. The van der Waals surface area contributed by atoms with Crippen molar-refractivity contribution < 1.29 is 24.3 Å². The van der Waals surface area contributed by atoms with Crippen molar-refractivity contribution in [3.63, 3.8) is 0 Å². The van der Waals surface area contributed by atoms with Gasteiger partial charge in [-0.25, -0.2) is 9.80 Å². The van der Waals surface area contributed by atoms with E-state index in [-0.39, 0.29) is 17.1 Å². The van der Waals surface area contributed by atoms with Crippen molar-refractivity contribution in [3.8, 4) is 5.75 Å². The standard InChI is InChI=1S/C14H8N2O5/c17-10-6-8(15-11(18)1-2-12(15)19)5-9(7-10)16-13(20)3-4-14(16)21/h1-7,17H. The van der Waals surface area contributed by atoms with Gasteiger partial charge in [-0.15, -0.1) is 0 Å². The zero-order valence-electron chi connectivity index (χ0n) is 10.5. The first-order chi connectivity index (χ1) is 9.97. The van der Waals surface area contributed by atoms with Gasteiger partial charge in [0.1, 0.15) is 5.75 Å². The average Bonchev–Trinajstić information content (AvgIpc) is 2.92. The van der Waals surface area contributed by atoms with Crippen LogP contribution < -0.4 is 9.80 Å². The van der Waals surface area contributed by atoms with Gasteiger partial charge >= 0.3 is 0 Å². The van der Waals surface area contributed by atoms with Gasteiger partial charge in [0.05, 0.1) is 11.4 Å². The van der Waals surface area contributed by atoms with E-state index in [1.807, 2.05) is 0 Å². The molecule has 7 nitrogen and oxygen atoms in total. The minimum atomic E-state index is -0.561. The summed E-state index contributed by atoms with van der Waals surface area (Å²) in [7, 11) is 0. The molecule has 4 amide bonds. The molecule has 3 rings (SSSR count). The van der Waals surface area contributed by atoms with Crippen LogP contribution in [0.5, 0.6) is 5.75 Å². The zero-order chi connectivity index (χ0) is 15.1. The van der Waals surface area contributed by atoms with Crippen molar-refractivity contribution in [3.05, 3.63) is 42.5 Å².